The van der Waals surface area contributed by atoms with Gasteiger partial charge in [0.25, 0.3) is 5.56 Å². The Bertz CT molecular complexity index is 1640. The lowest BCUT2D eigenvalue weighted by molar-refractivity contribution is 0.102. The Balaban J connectivity index is 1.54. The molecule has 6 rings (SSSR count). The zero-order chi connectivity index (χ0) is 24.1. The molecule has 0 N–H and O–H groups in total. The van der Waals surface area contributed by atoms with Gasteiger partial charge in [-0.2, -0.15) is 0 Å². The number of likely N-dealkylation sites (N-methyl/N-ethyl adjacent to an activating group) is 1. The summed E-state index contributed by atoms with van der Waals surface area (Å²) in [5, 5.41) is 10.7. The van der Waals surface area contributed by atoms with E-state index in [0.717, 1.165) is 29.9 Å². The summed E-state index contributed by atoms with van der Waals surface area (Å²) in [6.45, 7) is 1.69. The van der Waals surface area contributed by atoms with E-state index in [1.165, 1.54) is 16.6 Å². The number of nitrogens with zero attached hydrogens (tertiary/aromatic N) is 5. The summed E-state index contributed by atoms with van der Waals surface area (Å²) in [4.78, 5) is 30.9. The lowest BCUT2D eigenvalue weighted by atomic mass is 10.1. The van der Waals surface area contributed by atoms with E-state index in [0.29, 0.717) is 32.6 Å². The van der Waals surface area contributed by atoms with Crippen molar-refractivity contribution in [2.45, 2.75) is 18.1 Å². The quantitative estimate of drug-likeness (QED) is 0.246. The van der Waals surface area contributed by atoms with Crippen molar-refractivity contribution < 1.29 is 4.79 Å². The Morgan fingerprint density at radius 2 is 1.89 bits per heavy atom. The van der Waals surface area contributed by atoms with Crippen LogP contribution in [0.1, 0.15) is 20.8 Å². The molecule has 0 amide bonds. The second-order valence-corrected chi connectivity index (χ2v) is 10.9. The predicted octanol–water partition coefficient (Wildman–Crippen LogP) is 4.71. The number of thioether (sulfide) groups is 1. The van der Waals surface area contributed by atoms with Crippen molar-refractivity contribution in [1.82, 2.24) is 24.1 Å². The molecule has 1 aliphatic rings. The van der Waals surface area contributed by atoms with Crippen molar-refractivity contribution in [3.8, 4) is 5.69 Å². The Kier molecular flexibility index (Phi) is 5.72. The number of hydrogen-bond acceptors (Lipinski definition) is 7. The smallest absolute Gasteiger partial charge is 0.268 e. The second kappa shape index (κ2) is 8.91. The van der Waals surface area contributed by atoms with Gasteiger partial charge in [-0.1, -0.05) is 53.7 Å². The number of hydrogen-bond donors (Lipinski definition) is 0. The van der Waals surface area contributed by atoms with Crippen LogP contribution in [-0.2, 0) is 13.0 Å². The lowest BCUT2D eigenvalue weighted by Gasteiger charge is -2.21. The van der Waals surface area contributed by atoms with Crippen molar-refractivity contribution in [2.75, 3.05) is 19.3 Å². The number of fused-ring (bicyclic) bond motifs is 5. The third-order valence-electron chi connectivity index (χ3n) is 6.18. The Morgan fingerprint density at radius 3 is 2.66 bits per heavy atom. The zero-order valence-electron chi connectivity index (χ0n) is 18.8. The van der Waals surface area contributed by atoms with E-state index >= 15 is 0 Å². The molecule has 3 aromatic heterocycles. The summed E-state index contributed by atoms with van der Waals surface area (Å²) < 4.78 is 3.53. The van der Waals surface area contributed by atoms with E-state index in [-0.39, 0.29) is 17.1 Å². The summed E-state index contributed by atoms with van der Waals surface area (Å²) in [5.41, 5.74) is 2.32. The number of aromatic nitrogens is 4. The lowest BCUT2D eigenvalue weighted by Crippen LogP contribution is -2.27. The number of thiophene rings is 1. The minimum Gasteiger partial charge on any atom is -0.301 e. The maximum atomic E-state index is 13.9. The molecule has 7 nitrogen and oxygen atoms in total. The van der Waals surface area contributed by atoms with Crippen molar-refractivity contribution in [2.24, 2.45) is 0 Å². The molecule has 5 aromatic rings. The summed E-state index contributed by atoms with van der Waals surface area (Å²) in [6.07, 6.45) is 0.810. The van der Waals surface area contributed by atoms with Crippen LogP contribution in [-0.4, -0.2) is 49.2 Å². The van der Waals surface area contributed by atoms with Crippen LogP contribution in [0.3, 0.4) is 0 Å². The van der Waals surface area contributed by atoms with Crippen molar-refractivity contribution >= 4 is 56.5 Å². The van der Waals surface area contributed by atoms with Gasteiger partial charge < -0.3 is 4.90 Å². The van der Waals surface area contributed by atoms with Gasteiger partial charge >= 0.3 is 0 Å². The van der Waals surface area contributed by atoms with E-state index in [9.17, 15) is 9.59 Å². The van der Waals surface area contributed by atoms with E-state index in [4.69, 9.17) is 11.6 Å². The fourth-order valence-electron chi connectivity index (χ4n) is 4.44. The normalized spacial score (nSPS) is 14.0. The maximum absolute atomic E-state index is 13.9. The van der Waals surface area contributed by atoms with Crippen LogP contribution in [0.5, 0.6) is 0 Å². The highest BCUT2D eigenvalue weighted by Crippen LogP contribution is 2.35. The van der Waals surface area contributed by atoms with Crippen LogP contribution in [0.25, 0.3) is 21.7 Å². The van der Waals surface area contributed by atoms with Crippen molar-refractivity contribution in [1.29, 1.82) is 0 Å². The highest BCUT2D eigenvalue weighted by molar-refractivity contribution is 7.99. The number of carbonyl (C=O) groups is 1. The van der Waals surface area contributed by atoms with Gasteiger partial charge in [-0.15, -0.1) is 21.5 Å². The molecule has 0 unspecified atom stereocenters. The summed E-state index contributed by atoms with van der Waals surface area (Å²) in [5.74, 6) is 0.661. The number of halogens is 1. The summed E-state index contributed by atoms with van der Waals surface area (Å²) in [6, 6.07) is 16.3. The molecule has 0 spiro atoms. The van der Waals surface area contributed by atoms with Gasteiger partial charge in [-0.05, 0) is 43.3 Å². The predicted molar refractivity (Wildman–Crippen MR) is 141 cm³/mol. The van der Waals surface area contributed by atoms with E-state index in [2.05, 4.69) is 22.1 Å². The average Bonchev–Trinajstić information content (AvgIpc) is 3.45. The van der Waals surface area contributed by atoms with E-state index in [1.54, 1.807) is 28.0 Å². The Morgan fingerprint density at radius 1 is 1.11 bits per heavy atom. The molecule has 176 valence electrons. The molecule has 10 heteroatoms. The van der Waals surface area contributed by atoms with Gasteiger partial charge in [0.05, 0.1) is 16.8 Å². The van der Waals surface area contributed by atoms with Gasteiger partial charge in [-0.3, -0.25) is 9.59 Å². The highest BCUT2D eigenvalue weighted by atomic mass is 35.5. The van der Waals surface area contributed by atoms with Gasteiger partial charge in [0, 0.05) is 28.6 Å². The van der Waals surface area contributed by atoms with Crippen LogP contribution in [0, 0.1) is 0 Å². The molecule has 1 aliphatic heterocycles. The standard InChI is InChI=1S/C25H20ClN5O2S2/c1-29-12-11-18-20(13-29)35-23-21(18)22(33)30(17-9-7-16(26)8-10-17)24-27-28-25(31(23)24)34-14-19(32)15-5-3-2-4-6-15/h2-10H,11-14H2,1H3. The molecular formula is C25H20ClN5O2S2. The molecule has 0 atom stereocenters. The van der Waals surface area contributed by atoms with Crippen LogP contribution < -0.4 is 5.56 Å². The van der Waals surface area contributed by atoms with Crippen LogP contribution in [0.4, 0.5) is 0 Å². The molecule has 0 radical (unpaired) electrons. The number of ketones is 1. The van der Waals surface area contributed by atoms with E-state index < -0.39 is 0 Å². The number of benzene rings is 2. The molecule has 0 saturated heterocycles. The molecular weight excluding hydrogens is 502 g/mol. The largest absolute Gasteiger partial charge is 0.301 e. The molecule has 0 fully saturated rings. The Labute approximate surface area is 214 Å². The fourth-order valence-corrected chi connectivity index (χ4v) is 6.86. The van der Waals surface area contributed by atoms with Crippen molar-refractivity contribution in [3.63, 3.8) is 0 Å². The van der Waals surface area contributed by atoms with Gasteiger partial charge in [-0.25, -0.2) is 8.97 Å². The fraction of sp³-hybridized carbons (Fsp3) is 0.200. The average molecular weight is 522 g/mol. The van der Waals surface area contributed by atoms with Gasteiger partial charge in [0.15, 0.2) is 10.9 Å². The van der Waals surface area contributed by atoms with Crippen molar-refractivity contribution in [3.05, 3.63) is 86.0 Å². The molecule has 4 heterocycles. The van der Waals surface area contributed by atoms with E-state index in [1.807, 2.05) is 46.9 Å². The van der Waals surface area contributed by atoms with Crippen LogP contribution in [0.2, 0.25) is 5.02 Å². The Hall–Kier alpha value is -2.98. The summed E-state index contributed by atoms with van der Waals surface area (Å²) >= 11 is 9.05. The number of rotatable bonds is 5. The molecule has 0 aliphatic carbocycles. The number of Topliss-reactive ketones (excluding diaryl/α,β-unsaturated/α-hetero) is 1. The highest BCUT2D eigenvalue weighted by Gasteiger charge is 2.27. The molecule has 0 bridgehead atoms. The molecule has 35 heavy (non-hydrogen) atoms. The third-order valence-corrected chi connectivity index (χ3v) is 8.56. The van der Waals surface area contributed by atoms with Gasteiger partial charge in [0.1, 0.15) is 4.83 Å². The van der Waals surface area contributed by atoms with Crippen LogP contribution in [0.15, 0.2) is 64.5 Å². The molecule has 0 saturated carbocycles. The summed E-state index contributed by atoms with van der Waals surface area (Å²) in [7, 11) is 2.09. The minimum atomic E-state index is -0.110. The first kappa shape index (κ1) is 22.5. The first-order chi connectivity index (χ1) is 17.0. The topological polar surface area (TPSA) is 72.5 Å². The second-order valence-electron chi connectivity index (χ2n) is 8.48. The maximum Gasteiger partial charge on any atom is 0.268 e. The third kappa shape index (κ3) is 3.88. The van der Waals surface area contributed by atoms with Gasteiger partial charge in [0.2, 0.25) is 5.78 Å². The molecule has 2 aromatic carbocycles. The monoisotopic (exact) mass is 521 g/mol. The SMILES string of the molecule is CN1CCc2c(sc3c2c(=O)n(-c2ccc(Cl)cc2)c2nnc(SCC(=O)c4ccccc4)n32)C1. The minimum absolute atomic E-state index is 0.0155. The first-order valence-electron chi connectivity index (χ1n) is 11.1. The van der Waals surface area contributed by atoms with Crippen LogP contribution >= 0.6 is 34.7 Å². The number of carbonyl (C=O) groups excluding carboxylic acids is 1. The zero-order valence-corrected chi connectivity index (χ0v) is 21.2. The first-order valence-corrected chi connectivity index (χ1v) is 13.3.